The van der Waals surface area contributed by atoms with E-state index in [-0.39, 0.29) is 5.75 Å². The number of phenolic OH excluding ortho intramolecular Hbond substituents is 1. The van der Waals surface area contributed by atoms with Crippen LogP contribution in [0.1, 0.15) is 27.8 Å². The number of aliphatic hydroxyl groups is 1. The second-order valence-corrected chi connectivity index (χ2v) is 8.04. The van der Waals surface area contributed by atoms with Gasteiger partial charge in [0.25, 0.3) is 0 Å². The van der Waals surface area contributed by atoms with Crippen molar-refractivity contribution in [2.24, 2.45) is 4.99 Å². The summed E-state index contributed by atoms with van der Waals surface area (Å²) in [6.07, 6.45) is 2.21. The van der Waals surface area contributed by atoms with Crippen LogP contribution in [0.25, 0.3) is 0 Å². The van der Waals surface area contributed by atoms with Crippen molar-refractivity contribution in [3.63, 3.8) is 0 Å². The van der Waals surface area contributed by atoms with Crippen molar-refractivity contribution < 1.29 is 10.2 Å². The number of aliphatic imine (C=N–C) groups is 1. The topological polar surface area (TPSA) is 52.8 Å². The number of hydrogen-bond donors (Lipinski definition) is 2. The van der Waals surface area contributed by atoms with E-state index in [1.54, 1.807) is 12.3 Å². The summed E-state index contributed by atoms with van der Waals surface area (Å²) >= 11 is 0. The van der Waals surface area contributed by atoms with Crippen LogP contribution in [0, 0.1) is 6.92 Å². The molecule has 3 nitrogen and oxygen atoms in total. The summed E-state index contributed by atoms with van der Waals surface area (Å²) < 4.78 is 0. The lowest BCUT2D eigenvalue weighted by molar-refractivity contribution is 0.0528. The summed E-state index contributed by atoms with van der Waals surface area (Å²) in [5.41, 5.74) is 2.94. The molecule has 0 fully saturated rings. The predicted molar refractivity (Wildman–Crippen MR) is 130 cm³/mol. The van der Waals surface area contributed by atoms with E-state index in [4.69, 9.17) is 4.99 Å². The van der Waals surface area contributed by atoms with Gasteiger partial charge in [0.05, 0.1) is 6.04 Å². The molecule has 4 rings (SSSR count). The Labute approximate surface area is 189 Å². The molecule has 0 bridgehead atoms. The van der Waals surface area contributed by atoms with Crippen LogP contribution in [0.4, 0.5) is 0 Å². The lowest BCUT2D eigenvalue weighted by Crippen LogP contribution is -2.41. The zero-order chi connectivity index (χ0) is 22.4. The van der Waals surface area contributed by atoms with Crippen molar-refractivity contribution in [3.05, 3.63) is 137 Å². The molecule has 0 saturated heterocycles. The Balaban J connectivity index is 1.85. The van der Waals surface area contributed by atoms with Gasteiger partial charge in [-0.2, -0.15) is 0 Å². The van der Waals surface area contributed by atoms with E-state index in [0.717, 1.165) is 22.3 Å². The van der Waals surface area contributed by atoms with Gasteiger partial charge in [0.1, 0.15) is 11.4 Å². The Morgan fingerprint density at radius 3 is 1.88 bits per heavy atom. The number of phenols is 1. The molecule has 0 heterocycles. The van der Waals surface area contributed by atoms with Gasteiger partial charge in [-0.15, -0.1) is 0 Å². The molecule has 0 unspecified atom stereocenters. The average molecular weight is 422 g/mol. The molecule has 0 saturated carbocycles. The highest BCUT2D eigenvalue weighted by Gasteiger charge is 2.40. The van der Waals surface area contributed by atoms with Gasteiger partial charge in [0, 0.05) is 11.8 Å². The smallest absolute Gasteiger partial charge is 0.137 e. The van der Waals surface area contributed by atoms with E-state index in [2.05, 4.69) is 0 Å². The van der Waals surface area contributed by atoms with Crippen LogP contribution in [0.3, 0.4) is 0 Å². The van der Waals surface area contributed by atoms with Gasteiger partial charge < -0.3 is 10.2 Å². The molecule has 4 aromatic rings. The first kappa shape index (κ1) is 21.5. The number of aryl methyl sites for hydroxylation is 1. The Hall–Kier alpha value is -3.69. The maximum Gasteiger partial charge on any atom is 0.137 e. The SMILES string of the molecule is Cc1ccc(O)c(C=N[C@@H](Cc2ccccc2)C(O)(c2ccccc2)c2ccccc2)c1. The molecule has 4 aromatic carbocycles. The second kappa shape index (κ2) is 9.63. The predicted octanol–water partition coefficient (Wildman–Crippen LogP) is 5.67. The maximum absolute atomic E-state index is 12.3. The monoisotopic (exact) mass is 421 g/mol. The normalized spacial score (nSPS) is 12.7. The third kappa shape index (κ3) is 4.63. The van der Waals surface area contributed by atoms with Crippen molar-refractivity contribution in [2.45, 2.75) is 25.0 Å². The quantitative estimate of drug-likeness (QED) is 0.378. The van der Waals surface area contributed by atoms with E-state index in [0.29, 0.717) is 12.0 Å². The Morgan fingerprint density at radius 1 is 0.781 bits per heavy atom. The first-order chi connectivity index (χ1) is 15.6. The van der Waals surface area contributed by atoms with Gasteiger partial charge >= 0.3 is 0 Å². The van der Waals surface area contributed by atoms with Gasteiger partial charge in [-0.3, -0.25) is 4.99 Å². The van der Waals surface area contributed by atoms with Gasteiger partial charge in [-0.25, -0.2) is 0 Å². The molecule has 160 valence electrons. The highest BCUT2D eigenvalue weighted by Crippen LogP contribution is 2.36. The first-order valence-electron chi connectivity index (χ1n) is 10.8. The fourth-order valence-electron chi connectivity index (χ4n) is 4.03. The summed E-state index contributed by atoms with van der Waals surface area (Å²) in [7, 11) is 0. The lowest BCUT2D eigenvalue weighted by Gasteiger charge is -2.35. The molecule has 0 radical (unpaired) electrons. The molecule has 2 N–H and O–H groups in total. The van der Waals surface area contributed by atoms with Crippen LogP contribution in [0.5, 0.6) is 5.75 Å². The molecule has 3 heteroatoms. The third-order valence-electron chi connectivity index (χ3n) is 5.76. The average Bonchev–Trinajstić information content (AvgIpc) is 2.85. The molecule has 0 aromatic heterocycles. The van der Waals surface area contributed by atoms with E-state index in [1.807, 2.05) is 110 Å². The number of hydrogen-bond acceptors (Lipinski definition) is 3. The van der Waals surface area contributed by atoms with Gasteiger partial charge in [0.2, 0.25) is 0 Å². The van der Waals surface area contributed by atoms with Crippen LogP contribution in [0.2, 0.25) is 0 Å². The Morgan fingerprint density at radius 2 is 1.31 bits per heavy atom. The Bertz CT molecular complexity index is 1130. The summed E-state index contributed by atoms with van der Waals surface area (Å²) in [6, 6.07) is 34.3. The van der Waals surface area contributed by atoms with Gasteiger partial charge in [0.15, 0.2) is 0 Å². The summed E-state index contributed by atoms with van der Waals surface area (Å²) in [4.78, 5) is 4.88. The number of nitrogens with zero attached hydrogens (tertiary/aromatic N) is 1. The number of rotatable bonds is 7. The van der Waals surface area contributed by atoms with Crippen molar-refractivity contribution in [3.8, 4) is 5.75 Å². The van der Waals surface area contributed by atoms with Crippen LogP contribution in [-0.4, -0.2) is 22.5 Å². The molecule has 1 atom stereocenters. The second-order valence-electron chi connectivity index (χ2n) is 8.04. The highest BCUT2D eigenvalue weighted by molar-refractivity contribution is 5.83. The van der Waals surface area contributed by atoms with E-state index < -0.39 is 11.6 Å². The minimum atomic E-state index is -1.35. The zero-order valence-corrected chi connectivity index (χ0v) is 18.1. The van der Waals surface area contributed by atoms with E-state index in [1.165, 1.54) is 0 Å². The fourth-order valence-corrected chi connectivity index (χ4v) is 4.03. The number of benzene rings is 4. The Kier molecular flexibility index (Phi) is 6.48. The van der Waals surface area contributed by atoms with Crippen LogP contribution in [0.15, 0.2) is 114 Å². The summed E-state index contributed by atoms with van der Waals surface area (Å²) in [5, 5.41) is 22.6. The summed E-state index contributed by atoms with van der Waals surface area (Å²) in [5.74, 6) is 0.167. The van der Waals surface area contributed by atoms with E-state index >= 15 is 0 Å². The van der Waals surface area contributed by atoms with Crippen LogP contribution >= 0.6 is 0 Å². The van der Waals surface area contributed by atoms with Crippen LogP contribution in [-0.2, 0) is 12.0 Å². The van der Waals surface area contributed by atoms with Crippen molar-refractivity contribution in [1.82, 2.24) is 0 Å². The molecular weight excluding hydrogens is 394 g/mol. The maximum atomic E-state index is 12.3. The minimum Gasteiger partial charge on any atom is -0.507 e. The van der Waals surface area contributed by atoms with Crippen molar-refractivity contribution in [2.75, 3.05) is 0 Å². The molecule has 0 aliphatic heterocycles. The van der Waals surface area contributed by atoms with Crippen molar-refractivity contribution >= 4 is 6.21 Å². The lowest BCUT2D eigenvalue weighted by atomic mass is 9.78. The minimum absolute atomic E-state index is 0.167. The molecule has 32 heavy (non-hydrogen) atoms. The molecule has 0 aliphatic rings. The zero-order valence-electron chi connectivity index (χ0n) is 18.1. The largest absolute Gasteiger partial charge is 0.507 e. The molecule has 0 amide bonds. The van der Waals surface area contributed by atoms with Gasteiger partial charge in [-0.05, 0) is 42.2 Å². The standard InChI is InChI=1S/C29H27NO2/c1-22-17-18-27(31)24(19-22)21-30-28(20-23-11-5-2-6-12-23)29(32,25-13-7-3-8-14-25)26-15-9-4-10-16-26/h2-19,21,28,31-32H,20H2,1H3/t28-/m0/s1. The van der Waals surface area contributed by atoms with Crippen molar-refractivity contribution in [1.29, 1.82) is 0 Å². The van der Waals surface area contributed by atoms with E-state index in [9.17, 15) is 10.2 Å². The van der Waals surface area contributed by atoms with Crippen LogP contribution < -0.4 is 0 Å². The van der Waals surface area contributed by atoms with Gasteiger partial charge in [-0.1, -0.05) is 103 Å². The first-order valence-corrected chi connectivity index (χ1v) is 10.8. The highest BCUT2D eigenvalue weighted by atomic mass is 16.3. The number of aromatic hydroxyl groups is 1. The third-order valence-corrected chi connectivity index (χ3v) is 5.76. The molecule has 0 aliphatic carbocycles. The summed E-state index contributed by atoms with van der Waals surface area (Å²) in [6.45, 7) is 1.97. The fraction of sp³-hybridized carbons (Fsp3) is 0.138. The molecule has 0 spiro atoms. The molecular formula is C29H27NO2.